The van der Waals surface area contributed by atoms with Crippen molar-refractivity contribution in [3.8, 4) is 0 Å². The maximum absolute atomic E-state index is 12.4. The van der Waals surface area contributed by atoms with Crippen LogP contribution in [0, 0.1) is 0 Å². The van der Waals surface area contributed by atoms with Crippen molar-refractivity contribution in [3.05, 3.63) is 65.7 Å². The number of hydrogen-bond donors (Lipinski definition) is 1. The van der Waals surface area contributed by atoms with E-state index in [2.05, 4.69) is 43.4 Å². The average molecular weight is 313 g/mol. The van der Waals surface area contributed by atoms with Crippen LogP contribution in [0.3, 0.4) is 0 Å². The molecule has 0 bridgehead atoms. The van der Waals surface area contributed by atoms with E-state index in [4.69, 9.17) is 0 Å². The molecule has 116 valence electrons. The molecule has 2 rings (SSSR count). The van der Waals surface area contributed by atoms with Gasteiger partial charge in [0.1, 0.15) is 0 Å². The number of aryl methyl sites for hydroxylation is 1. The predicted octanol–water partition coefficient (Wildman–Crippen LogP) is 4.55. The Labute approximate surface area is 137 Å². The van der Waals surface area contributed by atoms with Crippen molar-refractivity contribution in [2.75, 3.05) is 5.75 Å². The van der Waals surface area contributed by atoms with E-state index in [1.54, 1.807) is 11.8 Å². The number of rotatable bonds is 7. The quantitative estimate of drug-likeness (QED) is 0.760. The number of benzene rings is 2. The molecule has 1 amide bonds. The van der Waals surface area contributed by atoms with Crippen molar-refractivity contribution >= 4 is 17.7 Å². The smallest absolute Gasteiger partial charge is 0.252 e. The normalized spacial score (nSPS) is 11.9. The molecule has 0 radical (unpaired) electrons. The molecule has 2 aromatic carbocycles. The Bertz CT molecular complexity index is 597. The summed E-state index contributed by atoms with van der Waals surface area (Å²) in [4.78, 5) is 13.5. The van der Waals surface area contributed by atoms with Gasteiger partial charge in [-0.2, -0.15) is 0 Å². The number of hydrogen-bond acceptors (Lipinski definition) is 2. The van der Waals surface area contributed by atoms with Crippen LogP contribution < -0.4 is 5.32 Å². The second-order valence-corrected chi connectivity index (χ2v) is 6.63. The Morgan fingerprint density at radius 2 is 1.77 bits per heavy atom. The molecule has 3 heteroatoms. The highest BCUT2D eigenvalue weighted by atomic mass is 32.2. The molecule has 0 aromatic heterocycles. The van der Waals surface area contributed by atoms with Gasteiger partial charge >= 0.3 is 0 Å². The number of carbonyl (C=O) groups excluding carboxylic acids is 1. The summed E-state index contributed by atoms with van der Waals surface area (Å²) in [6.45, 7) is 4.16. The lowest BCUT2D eigenvalue weighted by Crippen LogP contribution is -2.33. The fraction of sp³-hybridized carbons (Fsp3) is 0.316. The fourth-order valence-corrected chi connectivity index (χ4v) is 3.14. The van der Waals surface area contributed by atoms with Crippen LogP contribution in [0.4, 0.5) is 0 Å². The lowest BCUT2D eigenvalue weighted by Gasteiger charge is -2.15. The molecule has 0 unspecified atom stereocenters. The first kappa shape index (κ1) is 16.6. The van der Waals surface area contributed by atoms with Gasteiger partial charge < -0.3 is 5.32 Å². The average Bonchev–Trinajstić information content (AvgIpc) is 2.55. The highest BCUT2D eigenvalue weighted by Crippen LogP contribution is 2.22. The van der Waals surface area contributed by atoms with Crippen LogP contribution in [0.1, 0.15) is 36.2 Å². The molecule has 0 saturated heterocycles. The van der Waals surface area contributed by atoms with E-state index in [1.165, 1.54) is 5.56 Å². The van der Waals surface area contributed by atoms with Gasteiger partial charge in [0.2, 0.25) is 0 Å². The van der Waals surface area contributed by atoms with Crippen LogP contribution >= 0.6 is 11.8 Å². The van der Waals surface area contributed by atoms with Crippen molar-refractivity contribution < 1.29 is 4.79 Å². The SMILES string of the molecule is CCSc1ccccc1C(=O)N[C@@H](C)CCc1ccccc1. The van der Waals surface area contributed by atoms with Crippen LogP contribution in [0.25, 0.3) is 0 Å². The fourth-order valence-electron chi connectivity index (χ4n) is 2.34. The molecule has 0 aliphatic carbocycles. The first-order chi connectivity index (χ1) is 10.7. The standard InChI is InChI=1S/C19H23NOS/c1-3-22-18-12-8-7-11-17(18)19(21)20-15(2)13-14-16-9-5-4-6-10-16/h4-12,15H,3,13-14H2,1-2H3,(H,20,21)/t15-/m0/s1. The minimum atomic E-state index is 0.0251. The van der Waals surface area contributed by atoms with Crippen molar-refractivity contribution in [2.24, 2.45) is 0 Å². The number of nitrogens with one attached hydrogen (secondary N) is 1. The topological polar surface area (TPSA) is 29.1 Å². The second-order valence-electron chi connectivity index (χ2n) is 5.33. The van der Waals surface area contributed by atoms with E-state index in [-0.39, 0.29) is 11.9 Å². The number of amides is 1. The summed E-state index contributed by atoms with van der Waals surface area (Å²) in [7, 11) is 0. The third-order valence-corrected chi connectivity index (χ3v) is 4.47. The Morgan fingerprint density at radius 1 is 1.09 bits per heavy atom. The Kier molecular flexibility index (Phi) is 6.53. The summed E-state index contributed by atoms with van der Waals surface area (Å²) in [5.41, 5.74) is 2.09. The summed E-state index contributed by atoms with van der Waals surface area (Å²) >= 11 is 1.71. The van der Waals surface area contributed by atoms with Crippen molar-refractivity contribution in [1.29, 1.82) is 0 Å². The molecule has 0 aliphatic rings. The van der Waals surface area contributed by atoms with Gasteiger partial charge in [0.05, 0.1) is 5.56 Å². The van der Waals surface area contributed by atoms with Gasteiger partial charge in [-0.05, 0) is 43.2 Å². The molecule has 0 spiro atoms. The lowest BCUT2D eigenvalue weighted by molar-refractivity contribution is 0.0935. The molecular weight excluding hydrogens is 290 g/mol. The summed E-state index contributed by atoms with van der Waals surface area (Å²) in [5, 5.41) is 3.11. The van der Waals surface area contributed by atoms with E-state index < -0.39 is 0 Å². The van der Waals surface area contributed by atoms with Crippen LogP contribution in [-0.4, -0.2) is 17.7 Å². The predicted molar refractivity (Wildman–Crippen MR) is 94.5 cm³/mol. The zero-order valence-corrected chi connectivity index (χ0v) is 14.0. The molecule has 0 saturated carbocycles. The highest BCUT2D eigenvalue weighted by molar-refractivity contribution is 7.99. The molecule has 0 aliphatic heterocycles. The van der Waals surface area contributed by atoms with Crippen LogP contribution in [0.5, 0.6) is 0 Å². The summed E-state index contributed by atoms with van der Waals surface area (Å²) in [6, 6.07) is 18.4. The zero-order valence-electron chi connectivity index (χ0n) is 13.2. The number of thioether (sulfide) groups is 1. The van der Waals surface area contributed by atoms with Gasteiger partial charge in [0, 0.05) is 10.9 Å². The Morgan fingerprint density at radius 3 is 2.50 bits per heavy atom. The van der Waals surface area contributed by atoms with Crippen LogP contribution in [-0.2, 0) is 6.42 Å². The zero-order chi connectivity index (χ0) is 15.8. The molecule has 2 aromatic rings. The van der Waals surface area contributed by atoms with Crippen LogP contribution in [0.2, 0.25) is 0 Å². The summed E-state index contributed by atoms with van der Waals surface area (Å²) in [5.74, 6) is 0.991. The van der Waals surface area contributed by atoms with E-state index >= 15 is 0 Å². The Hall–Kier alpha value is -1.74. The lowest BCUT2D eigenvalue weighted by atomic mass is 10.1. The molecule has 1 N–H and O–H groups in total. The maximum atomic E-state index is 12.4. The van der Waals surface area contributed by atoms with Gasteiger partial charge in [-0.25, -0.2) is 0 Å². The van der Waals surface area contributed by atoms with E-state index in [0.717, 1.165) is 29.1 Å². The van der Waals surface area contributed by atoms with Gasteiger partial charge in [-0.15, -0.1) is 11.8 Å². The summed E-state index contributed by atoms with van der Waals surface area (Å²) < 4.78 is 0. The van der Waals surface area contributed by atoms with Gasteiger partial charge in [0.15, 0.2) is 0 Å². The highest BCUT2D eigenvalue weighted by Gasteiger charge is 2.13. The minimum Gasteiger partial charge on any atom is -0.350 e. The first-order valence-corrected chi connectivity index (χ1v) is 8.76. The first-order valence-electron chi connectivity index (χ1n) is 7.77. The molecular formula is C19H23NOS. The van der Waals surface area contributed by atoms with Crippen molar-refractivity contribution in [3.63, 3.8) is 0 Å². The summed E-state index contributed by atoms with van der Waals surface area (Å²) in [6.07, 6.45) is 1.92. The molecule has 0 heterocycles. The van der Waals surface area contributed by atoms with Gasteiger partial charge in [-0.1, -0.05) is 49.4 Å². The maximum Gasteiger partial charge on any atom is 0.252 e. The molecule has 1 atom stereocenters. The van der Waals surface area contributed by atoms with Crippen molar-refractivity contribution in [2.45, 2.75) is 37.6 Å². The van der Waals surface area contributed by atoms with Crippen LogP contribution in [0.15, 0.2) is 59.5 Å². The third-order valence-electron chi connectivity index (χ3n) is 3.52. The molecule has 2 nitrogen and oxygen atoms in total. The second kappa shape index (κ2) is 8.64. The van der Waals surface area contributed by atoms with Gasteiger partial charge in [0.25, 0.3) is 5.91 Å². The third kappa shape index (κ3) is 4.92. The Balaban J connectivity index is 1.91. The minimum absolute atomic E-state index is 0.0251. The van der Waals surface area contributed by atoms with E-state index in [0.29, 0.717) is 0 Å². The monoisotopic (exact) mass is 313 g/mol. The van der Waals surface area contributed by atoms with E-state index in [9.17, 15) is 4.79 Å². The van der Waals surface area contributed by atoms with E-state index in [1.807, 2.05) is 30.3 Å². The van der Waals surface area contributed by atoms with Gasteiger partial charge in [-0.3, -0.25) is 4.79 Å². The largest absolute Gasteiger partial charge is 0.350 e. The number of carbonyl (C=O) groups is 1. The molecule has 22 heavy (non-hydrogen) atoms. The molecule has 0 fully saturated rings. The van der Waals surface area contributed by atoms with Crippen molar-refractivity contribution in [1.82, 2.24) is 5.32 Å².